The van der Waals surface area contributed by atoms with E-state index in [1.165, 1.54) is 6.08 Å². The van der Waals surface area contributed by atoms with E-state index in [1.807, 2.05) is 0 Å². The lowest BCUT2D eigenvalue weighted by Gasteiger charge is -2.22. The third kappa shape index (κ3) is 3.59. The van der Waals surface area contributed by atoms with Crippen molar-refractivity contribution in [2.24, 2.45) is 0 Å². The van der Waals surface area contributed by atoms with Gasteiger partial charge in [-0.05, 0) is 13.3 Å². The molecule has 0 N–H and O–H groups in total. The normalized spacial score (nSPS) is 22.5. The Bertz CT molecular complexity index is 208. The highest BCUT2D eigenvalue weighted by atomic mass is 16.7. The van der Waals surface area contributed by atoms with E-state index in [0.29, 0.717) is 18.8 Å². The molecule has 1 atom stereocenters. The molecule has 0 radical (unpaired) electrons. The van der Waals surface area contributed by atoms with Crippen molar-refractivity contribution in [2.75, 3.05) is 6.61 Å². The summed E-state index contributed by atoms with van der Waals surface area (Å²) >= 11 is 0. The Balaban J connectivity index is 2.29. The van der Waals surface area contributed by atoms with Crippen LogP contribution in [0.3, 0.4) is 0 Å². The van der Waals surface area contributed by atoms with Gasteiger partial charge in [0.1, 0.15) is 0 Å². The SMILES string of the molecule is CCCCO[C@@H]1CC(=O)C=C(C)O1. The van der Waals surface area contributed by atoms with Gasteiger partial charge in [-0.1, -0.05) is 13.3 Å². The summed E-state index contributed by atoms with van der Waals surface area (Å²) < 4.78 is 10.7. The molecule has 13 heavy (non-hydrogen) atoms. The Morgan fingerprint density at radius 2 is 2.46 bits per heavy atom. The molecule has 0 saturated carbocycles. The minimum Gasteiger partial charge on any atom is -0.469 e. The van der Waals surface area contributed by atoms with E-state index >= 15 is 0 Å². The van der Waals surface area contributed by atoms with Crippen LogP contribution >= 0.6 is 0 Å². The lowest BCUT2D eigenvalue weighted by Crippen LogP contribution is -2.24. The van der Waals surface area contributed by atoms with Gasteiger partial charge in [0.25, 0.3) is 0 Å². The lowest BCUT2D eigenvalue weighted by atomic mass is 10.2. The molecule has 3 nitrogen and oxygen atoms in total. The summed E-state index contributed by atoms with van der Waals surface area (Å²) in [6.07, 6.45) is 3.61. The zero-order valence-corrected chi connectivity index (χ0v) is 8.21. The first-order valence-corrected chi connectivity index (χ1v) is 4.71. The molecule has 1 aliphatic rings. The fourth-order valence-electron chi connectivity index (χ4n) is 1.18. The smallest absolute Gasteiger partial charge is 0.206 e. The molecule has 0 saturated heterocycles. The number of ketones is 1. The average molecular weight is 184 g/mol. The van der Waals surface area contributed by atoms with Gasteiger partial charge >= 0.3 is 0 Å². The van der Waals surface area contributed by atoms with Crippen molar-refractivity contribution in [3.8, 4) is 0 Å². The van der Waals surface area contributed by atoms with E-state index in [-0.39, 0.29) is 12.1 Å². The molecule has 0 spiro atoms. The van der Waals surface area contributed by atoms with Gasteiger partial charge in [0.15, 0.2) is 5.78 Å². The maximum absolute atomic E-state index is 11.1. The highest BCUT2D eigenvalue weighted by molar-refractivity contribution is 5.90. The van der Waals surface area contributed by atoms with Crippen LogP contribution in [0.2, 0.25) is 0 Å². The number of unbranched alkanes of at least 4 members (excludes halogenated alkanes) is 1. The maximum Gasteiger partial charge on any atom is 0.206 e. The van der Waals surface area contributed by atoms with E-state index in [1.54, 1.807) is 6.92 Å². The molecule has 0 aliphatic carbocycles. The Kier molecular flexibility index (Phi) is 3.96. The topological polar surface area (TPSA) is 35.5 Å². The summed E-state index contributed by atoms with van der Waals surface area (Å²) in [7, 11) is 0. The molecule has 3 heteroatoms. The second kappa shape index (κ2) is 5.02. The number of rotatable bonds is 4. The van der Waals surface area contributed by atoms with Crippen molar-refractivity contribution in [3.05, 3.63) is 11.8 Å². The molecule has 0 amide bonds. The molecular weight excluding hydrogens is 168 g/mol. The van der Waals surface area contributed by atoms with Gasteiger partial charge in [0.2, 0.25) is 6.29 Å². The van der Waals surface area contributed by atoms with Crippen molar-refractivity contribution < 1.29 is 14.3 Å². The van der Waals surface area contributed by atoms with Crippen LogP contribution in [0.1, 0.15) is 33.1 Å². The molecule has 0 bridgehead atoms. The number of hydrogen-bond donors (Lipinski definition) is 0. The van der Waals surface area contributed by atoms with Crippen molar-refractivity contribution in [1.82, 2.24) is 0 Å². The van der Waals surface area contributed by atoms with Crippen molar-refractivity contribution >= 4 is 5.78 Å². The van der Waals surface area contributed by atoms with Gasteiger partial charge in [-0.25, -0.2) is 0 Å². The van der Waals surface area contributed by atoms with Crippen LogP contribution in [0.25, 0.3) is 0 Å². The molecule has 1 aliphatic heterocycles. The maximum atomic E-state index is 11.1. The van der Waals surface area contributed by atoms with Gasteiger partial charge in [0, 0.05) is 6.08 Å². The second-order valence-corrected chi connectivity index (χ2v) is 3.20. The largest absolute Gasteiger partial charge is 0.469 e. The second-order valence-electron chi connectivity index (χ2n) is 3.20. The highest BCUT2D eigenvalue weighted by Crippen LogP contribution is 2.15. The first kappa shape index (κ1) is 10.3. The van der Waals surface area contributed by atoms with Gasteiger partial charge in [0.05, 0.1) is 18.8 Å². The molecular formula is C10H16O3. The van der Waals surface area contributed by atoms with Crippen molar-refractivity contribution in [3.63, 3.8) is 0 Å². The lowest BCUT2D eigenvalue weighted by molar-refractivity contribution is -0.145. The third-order valence-electron chi connectivity index (χ3n) is 1.85. The van der Waals surface area contributed by atoms with Crippen LogP contribution < -0.4 is 0 Å². The van der Waals surface area contributed by atoms with Crippen LogP contribution in [-0.2, 0) is 14.3 Å². The monoisotopic (exact) mass is 184 g/mol. The van der Waals surface area contributed by atoms with Gasteiger partial charge in [-0.15, -0.1) is 0 Å². The summed E-state index contributed by atoms with van der Waals surface area (Å²) in [6.45, 7) is 4.54. The number of carbonyl (C=O) groups is 1. The Hall–Kier alpha value is -0.830. The summed E-state index contributed by atoms with van der Waals surface area (Å²) in [5.74, 6) is 0.739. The molecule has 0 unspecified atom stereocenters. The number of allylic oxidation sites excluding steroid dienone is 2. The van der Waals surface area contributed by atoms with E-state index < -0.39 is 0 Å². The predicted molar refractivity (Wildman–Crippen MR) is 49.1 cm³/mol. The number of ether oxygens (including phenoxy) is 2. The molecule has 0 aromatic rings. The summed E-state index contributed by atoms with van der Waals surface area (Å²) in [5.41, 5.74) is 0. The van der Waals surface area contributed by atoms with Crippen LogP contribution in [0.4, 0.5) is 0 Å². The van der Waals surface area contributed by atoms with E-state index in [2.05, 4.69) is 6.92 Å². The van der Waals surface area contributed by atoms with Crippen LogP contribution in [0.5, 0.6) is 0 Å². The molecule has 1 heterocycles. The Morgan fingerprint density at radius 3 is 3.08 bits per heavy atom. The van der Waals surface area contributed by atoms with Crippen LogP contribution in [0, 0.1) is 0 Å². The van der Waals surface area contributed by atoms with Crippen LogP contribution in [-0.4, -0.2) is 18.7 Å². The van der Waals surface area contributed by atoms with Gasteiger partial charge in [-0.2, -0.15) is 0 Å². The molecule has 0 aromatic heterocycles. The van der Waals surface area contributed by atoms with E-state index in [0.717, 1.165) is 12.8 Å². The van der Waals surface area contributed by atoms with Gasteiger partial charge < -0.3 is 9.47 Å². The first-order valence-electron chi connectivity index (χ1n) is 4.71. The van der Waals surface area contributed by atoms with E-state index in [9.17, 15) is 4.79 Å². The van der Waals surface area contributed by atoms with E-state index in [4.69, 9.17) is 9.47 Å². The minimum absolute atomic E-state index is 0.0882. The zero-order chi connectivity index (χ0) is 9.68. The zero-order valence-electron chi connectivity index (χ0n) is 8.21. The fraction of sp³-hybridized carbons (Fsp3) is 0.700. The number of carbonyl (C=O) groups excluding carboxylic acids is 1. The Labute approximate surface area is 78.7 Å². The average Bonchev–Trinajstić information content (AvgIpc) is 2.03. The Morgan fingerprint density at radius 1 is 1.69 bits per heavy atom. The van der Waals surface area contributed by atoms with Gasteiger partial charge in [-0.3, -0.25) is 4.79 Å². The highest BCUT2D eigenvalue weighted by Gasteiger charge is 2.19. The first-order chi connectivity index (χ1) is 6.22. The molecule has 0 aromatic carbocycles. The molecule has 0 fully saturated rings. The van der Waals surface area contributed by atoms with Crippen molar-refractivity contribution in [1.29, 1.82) is 0 Å². The minimum atomic E-state index is -0.357. The number of hydrogen-bond acceptors (Lipinski definition) is 3. The van der Waals surface area contributed by atoms with Crippen molar-refractivity contribution in [2.45, 2.75) is 39.4 Å². The molecule has 74 valence electrons. The quantitative estimate of drug-likeness (QED) is 0.627. The standard InChI is InChI=1S/C10H16O3/c1-3-4-5-12-10-7-9(11)6-8(2)13-10/h6,10H,3-5,7H2,1-2H3/t10-/m0/s1. The predicted octanol–water partition coefficient (Wildman–Crippen LogP) is 2.02. The molecule has 1 rings (SSSR count). The van der Waals surface area contributed by atoms with Crippen LogP contribution in [0.15, 0.2) is 11.8 Å². The third-order valence-corrected chi connectivity index (χ3v) is 1.85. The summed E-state index contributed by atoms with van der Waals surface area (Å²) in [6, 6.07) is 0. The fourth-order valence-corrected chi connectivity index (χ4v) is 1.18. The summed E-state index contributed by atoms with van der Waals surface area (Å²) in [5, 5.41) is 0. The summed E-state index contributed by atoms with van der Waals surface area (Å²) in [4.78, 5) is 11.1.